The first kappa shape index (κ1) is 11.8. The molecule has 0 amide bonds. The van der Waals surface area contributed by atoms with Crippen LogP contribution < -0.4 is 16.1 Å². The van der Waals surface area contributed by atoms with E-state index in [1.807, 2.05) is 0 Å². The molecule has 1 aromatic rings. The van der Waals surface area contributed by atoms with Crippen LogP contribution in [0, 0.1) is 5.92 Å². The third-order valence-corrected chi connectivity index (χ3v) is 3.09. The van der Waals surface area contributed by atoms with Crippen molar-refractivity contribution in [2.45, 2.75) is 6.43 Å². The topological polar surface area (TPSA) is 47.2 Å². The standard InChI is InChI=1S/C10H13F2N3O2/c1-13-7(3-8(16)14(2)10(13)17)15-4-6(5-15)9(11)12/h3,6,9H,4-5H2,1-2H3. The Morgan fingerprint density at radius 1 is 1.24 bits per heavy atom. The van der Waals surface area contributed by atoms with E-state index in [2.05, 4.69) is 0 Å². The fraction of sp³-hybridized carbons (Fsp3) is 0.600. The molecule has 1 aromatic heterocycles. The van der Waals surface area contributed by atoms with Gasteiger partial charge < -0.3 is 4.90 Å². The van der Waals surface area contributed by atoms with Crippen molar-refractivity contribution in [2.75, 3.05) is 18.0 Å². The maximum absolute atomic E-state index is 12.3. The Morgan fingerprint density at radius 3 is 2.35 bits per heavy atom. The fourth-order valence-electron chi connectivity index (χ4n) is 1.88. The van der Waals surface area contributed by atoms with Gasteiger partial charge in [-0.15, -0.1) is 0 Å². The normalized spacial score (nSPS) is 16.4. The second kappa shape index (κ2) is 3.97. The second-order valence-corrected chi connectivity index (χ2v) is 4.24. The van der Waals surface area contributed by atoms with Crippen molar-refractivity contribution in [1.82, 2.24) is 9.13 Å². The first-order chi connectivity index (χ1) is 7.91. The lowest BCUT2D eigenvalue weighted by molar-refractivity contribution is 0.0608. The van der Waals surface area contributed by atoms with Gasteiger partial charge in [-0.05, 0) is 0 Å². The highest BCUT2D eigenvalue weighted by molar-refractivity contribution is 5.41. The van der Waals surface area contributed by atoms with E-state index < -0.39 is 23.6 Å². The van der Waals surface area contributed by atoms with E-state index in [4.69, 9.17) is 0 Å². The Labute approximate surface area is 95.9 Å². The summed E-state index contributed by atoms with van der Waals surface area (Å²) in [5.74, 6) is -0.274. The van der Waals surface area contributed by atoms with Gasteiger partial charge in [0.15, 0.2) is 0 Å². The van der Waals surface area contributed by atoms with Crippen molar-refractivity contribution in [1.29, 1.82) is 0 Å². The van der Waals surface area contributed by atoms with Crippen LogP contribution in [0.1, 0.15) is 0 Å². The van der Waals surface area contributed by atoms with Gasteiger partial charge in [0.25, 0.3) is 5.56 Å². The summed E-state index contributed by atoms with van der Waals surface area (Å²) < 4.78 is 26.9. The molecule has 1 aliphatic heterocycles. The lowest BCUT2D eigenvalue weighted by Crippen LogP contribution is -2.53. The van der Waals surface area contributed by atoms with Crippen LogP contribution in [0.4, 0.5) is 14.6 Å². The third-order valence-electron chi connectivity index (χ3n) is 3.09. The Hall–Kier alpha value is -1.66. The summed E-state index contributed by atoms with van der Waals surface area (Å²) >= 11 is 0. The van der Waals surface area contributed by atoms with Crippen LogP contribution in [0.25, 0.3) is 0 Å². The van der Waals surface area contributed by atoms with Gasteiger partial charge in [0.1, 0.15) is 5.82 Å². The number of halogens is 2. The highest BCUT2D eigenvalue weighted by Crippen LogP contribution is 2.26. The van der Waals surface area contributed by atoms with Gasteiger partial charge in [-0.3, -0.25) is 13.9 Å². The van der Waals surface area contributed by atoms with E-state index in [9.17, 15) is 18.4 Å². The minimum Gasteiger partial charge on any atom is -0.357 e. The predicted molar refractivity (Wildman–Crippen MR) is 58.6 cm³/mol. The van der Waals surface area contributed by atoms with Gasteiger partial charge in [-0.1, -0.05) is 0 Å². The molecular formula is C10H13F2N3O2. The van der Waals surface area contributed by atoms with Crippen LogP contribution in [0.3, 0.4) is 0 Å². The van der Waals surface area contributed by atoms with Crippen LogP contribution in [0.2, 0.25) is 0 Å². The smallest absolute Gasteiger partial charge is 0.332 e. The SMILES string of the molecule is Cn1c(N2CC(C(F)F)C2)cc(=O)n(C)c1=O. The highest BCUT2D eigenvalue weighted by atomic mass is 19.3. The molecule has 0 aliphatic carbocycles. The third kappa shape index (κ3) is 1.85. The lowest BCUT2D eigenvalue weighted by atomic mass is 10.0. The van der Waals surface area contributed by atoms with Gasteiger partial charge >= 0.3 is 5.69 Å². The molecule has 7 heteroatoms. The number of rotatable bonds is 2. The van der Waals surface area contributed by atoms with Crippen LogP contribution >= 0.6 is 0 Å². The molecule has 17 heavy (non-hydrogen) atoms. The van der Waals surface area contributed by atoms with Crippen LogP contribution in [-0.4, -0.2) is 28.6 Å². The molecule has 94 valence electrons. The maximum atomic E-state index is 12.3. The number of anilines is 1. The summed E-state index contributed by atoms with van der Waals surface area (Å²) in [5, 5.41) is 0. The van der Waals surface area contributed by atoms with Gasteiger partial charge in [-0.2, -0.15) is 0 Å². The molecule has 0 aromatic carbocycles. The first-order valence-electron chi connectivity index (χ1n) is 5.22. The fourth-order valence-corrected chi connectivity index (χ4v) is 1.88. The van der Waals surface area contributed by atoms with Crippen molar-refractivity contribution >= 4 is 5.82 Å². The van der Waals surface area contributed by atoms with Gasteiger partial charge in [0.2, 0.25) is 6.43 Å². The summed E-state index contributed by atoms with van der Waals surface area (Å²) in [6.45, 7) is 0.357. The average molecular weight is 245 g/mol. The summed E-state index contributed by atoms with van der Waals surface area (Å²) in [4.78, 5) is 24.7. The number of nitrogens with zero attached hydrogens (tertiary/aromatic N) is 3. The summed E-state index contributed by atoms with van der Waals surface area (Å²) in [7, 11) is 2.90. The molecule has 0 bridgehead atoms. The zero-order chi connectivity index (χ0) is 12.7. The number of aromatic nitrogens is 2. The molecule has 0 spiro atoms. The molecule has 1 saturated heterocycles. The zero-order valence-electron chi connectivity index (χ0n) is 9.56. The van der Waals surface area contributed by atoms with E-state index >= 15 is 0 Å². The minimum absolute atomic E-state index is 0.179. The first-order valence-corrected chi connectivity index (χ1v) is 5.22. The Bertz CT molecular complexity index is 543. The predicted octanol–water partition coefficient (Wildman–Crippen LogP) is -0.215. The van der Waals surface area contributed by atoms with Gasteiger partial charge in [0, 0.05) is 33.3 Å². The molecule has 0 unspecified atom stereocenters. The van der Waals surface area contributed by atoms with Crippen LogP contribution in [0.5, 0.6) is 0 Å². The van der Waals surface area contributed by atoms with E-state index in [-0.39, 0.29) is 13.1 Å². The van der Waals surface area contributed by atoms with Crippen molar-refractivity contribution in [3.8, 4) is 0 Å². The molecule has 0 atom stereocenters. The summed E-state index contributed by atoms with van der Waals surface area (Å²) in [6, 6.07) is 1.29. The van der Waals surface area contributed by atoms with E-state index in [0.717, 1.165) is 4.57 Å². The molecule has 0 N–H and O–H groups in total. The lowest BCUT2D eigenvalue weighted by Gasteiger charge is -2.40. The zero-order valence-corrected chi connectivity index (χ0v) is 9.56. The van der Waals surface area contributed by atoms with Crippen molar-refractivity contribution in [2.24, 2.45) is 20.0 Å². The van der Waals surface area contributed by atoms with Crippen LogP contribution in [0.15, 0.2) is 15.7 Å². The van der Waals surface area contributed by atoms with Crippen molar-refractivity contribution in [3.05, 3.63) is 26.9 Å². The van der Waals surface area contributed by atoms with Crippen LogP contribution in [-0.2, 0) is 14.1 Å². The summed E-state index contributed by atoms with van der Waals surface area (Å²) in [6.07, 6.45) is -2.35. The molecule has 1 fully saturated rings. The Balaban J connectivity index is 2.31. The monoisotopic (exact) mass is 245 g/mol. The van der Waals surface area contributed by atoms with Crippen molar-refractivity contribution < 1.29 is 8.78 Å². The number of alkyl halides is 2. The van der Waals surface area contributed by atoms with Crippen molar-refractivity contribution in [3.63, 3.8) is 0 Å². The number of hydrogen-bond donors (Lipinski definition) is 0. The summed E-state index contributed by atoms with van der Waals surface area (Å²) in [5.41, 5.74) is -0.878. The van der Waals surface area contributed by atoms with E-state index in [1.54, 1.807) is 4.90 Å². The molecule has 1 aliphatic rings. The average Bonchev–Trinajstić information content (AvgIpc) is 2.19. The molecule has 5 nitrogen and oxygen atoms in total. The second-order valence-electron chi connectivity index (χ2n) is 4.24. The quantitative estimate of drug-likeness (QED) is 0.724. The molecule has 0 radical (unpaired) electrons. The molecule has 2 heterocycles. The molecular weight excluding hydrogens is 232 g/mol. The minimum atomic E-state index is -2.35. The van der Waals surface area contributed by atoms with Gasteiger partial charge in [0.05, 0.1) is 5.92 Å². The molecule has 2 rings (SSSR count). The highest BCUT2D eigenvalue weighted by Gasteiger charge is 2.35. The molecule has 0 saturated carbocycles. The Morgan fingerprint density at radius 2 is 1.82 bits per heavy atom. The maximum Gasteiger partial charge on any atom is 0.332 e. The van der Waals surface area contributed by atoms with E-state index in [1.165, 1.54) is 24.7 Å². The number of hydrogen-bond acceptors (Lipinski definition) is 3. The van der Waals surface area contributed by atoms with E-state index in [0.29, 0.717) is 5.82 Å². The largest absolute Gasteiger partial charge is 0.357 e. The van der Waals surface area contributed by atoms with Gasteiger partial charge in [-0.25, -0.2) is 13.6 Å². The Kier molecular flexibility index (Phi) is 2.76.